The van der Waals surface area contributed by atoms with Gasteiger partial charge in [-0.25, -0.2) is 4.79 Å². The summed E-state index contributed by atoms with van der Waals surface area (Å²) in [6.45, 7) is 8.30. The van der Waals surface area contributed by atoms with Gasteiger partial charge in [-0.3, -0.25) is 0 Å². The number of carbonyl (C=O) groups excluding carboxylic acids is 1. The zero-order valence-electron chi connectivity index (χ0n) is 10.5. The number of carbonyl (C=O) groups is 1. The molecule has 4 heteroatoms. The standard InChI is InChI=1S/C11H21NO2.ClH/c1-9(7-12(5)6)10(13)14-8-11(2,3)4;/h7H,8H2,1-6H3;1H/b9-7+;. The van der Waals surface area contributed by atoms with Gasteiger partial charge in [-0.15, -0.1) is 12.4 Å². The average Bonchev–Trinajstić information content (AvgIpc) is 1.97. The van der Waals surface area contributed by atoms with Crippen LogP contribution < -0.4 is 0 Å². The highest BCUT2D eigenvalue weighted by molar-refractivity contribution is 5.87. The van der Waals surface area contributed by atoms with Crippen LogP contribution in [0.1, 0.15) is 27.7 Å². The van der Waals surface area contributed by atoms with Crippen molar-refractivity contribution in [2.75, 3.05) is 20.7 Å². The highest BCUT2D eigenvalue weighted by Crippen LogP contribution is 2.13. The molecule has 0 atom stereocenters. The van der Waals surface area contributed by atoms with Crippen LogP contribution in [0, 0.1) is 5.41 Å². The molecule has 0 amide bonds. The fourth-order valence-electron chi connectivity index (χ4n) is 0.836. The molecule has 0 radical (unpaired) electrons. The second-order valence-corrected chi connectivity index (χ2v) is 4.91. The Morgan fingerprint density at radius 3 is 2.13 bits per heavy atom. The van der Waals surface area contributed by atoms with Gasteiger partial charge >= 0.3 is 5.97 Å². The third kappa shape index (κ3) is 9.60. The predicted octanol–water partition coefficient (Wildman–Crippen LogP) is 2.46. The van der Waals surface area contributed by atoms with Crippen molar-refractivity contribution in [3.63, 3.8) is 0 Å². The third-order valence-corrected chi connectivity index (χ3v) is 1.41. The summed E-state index contributed by atoms with van der Waals surface area (Å²) in [6.07, 6.45) is 1.75. The lowest BCUT2D eigenvalue weighted by molar-refractivity contribution is -0.141. The molecule has 90 valence electrons. The first-order valence-electron chi connectivity index (χ1n) is 4.74. The summed E-state index contributed by atoms with van der Waals surface area (Å²) < 4.78 is 5.14. The Kier molecular flexibility index (Phi) is 7.49. The number of nitrogens with zero attached hydrogens (tertiary/aromatic N) is 1. The Labute approximate surface area is 98.9 Å². The van der Waals surface area contributed by atoms with Gasteiger partial charge in [0, 0.05) is 25.9 Å². The van der Waals surface area contributed by atoms with E-state index in [4.69, 9.17) is 4.74 Å². The van der Waals surface area contributed by atoms with E-state index in [-0.39, 0.29) is 23.8 Å². The van der Waals surface area contributed by atoms with Crippen LogP contribution >= 0.6 is 12.4 Å². The van der Waals surface area contributed by atoms with Crippen molar-refractivity contribution in [1.82, 2.24) is 4.90 Å². The van der Waals surface area contributed by atoms with E-state index in [1.165, 1.54) is 0 Å². The van der Waals surface area contributed by atoms with Crippen LogP contribution in [0.4, 0.5) is 0 Å². The molecule has 0 aliphatic heterocycles. The molecule has 0 fully saturated rings. The van der Waals surface area contributed by atoms with Crippen LogP contribution in [0.25, 0.3) is 0 Å². The van der Waals surface area contributed by atoms with E-state index in [0.29, 0.717) is 12.2 Å². The molecule has 0 aliphatic rings. The van der Waals surface area contributed by atoms with Crippen LogP contribution in [0.2, 0.25) is 0 Å². The van der Waals surface area contributed by atoms with Gasteiger partial charge in [-0.1, -0.05) is 20.8 Å². The van der Waals surface area contributed by atoms with Crippen LogP contribution in [0.3, 0.4) is 0 Å². The van der Waals surface area contributed by atoms with Crippen molar-refractivity contribution in [3.05, 3.63) is 11.8 Å². The van der Waals surface area contributed by atoms with Gasteiger partial charge in [0.25, 0.3) is 0 Å². The molecule has 0 aromatic carbocycles. The molecule has 0 saturated carbocycles. The lowest BCUT2D eigenvalue weighted by atomic mass is 9.99. The summed E-state index contributed by atoms with van der Waals surface area (Å²) in [4.78, 5) is 13.2. The first kappa shape index (κ1) is 16.7. The Morgan fingerprint density at radius 2 is 1.80 bits per heavy atom. The monoisotopic (exact) mass is 235 g/mol. The van der Waals surface area contributed by atoms with Gasteiger partial charge in [0.15, 0.2) is 0 Å². The topological polar surface area (TPSA) is 29.5 Å². The van der Waals surface area contributed by atoms with Crippen LogP contribution in [0.5, 0.6) is 0 Å². The van der Waals surface area contributed by atoms with Crippen molar-refractivity contribution in [1.29, 1.82) is 0 Å². The molecule has 0 aromatic rings. The van der Waals surface area contributed by atoms with Crippen LogP contribution in [0.15, 0.2) is 11.8 Å². The zero-order chi connectivity index (χ0) is 11.4. The SMILES string of the molecule is C/C(=C\N(C)C)C(=O)OCC(C)(C)C.Cl. The van der Waals surface area contributed by atoms with Gasteiger partial charge in [0.2, 0.25) is 0 Å². The van der Waals surface area contributed by atoms with E-state index >= 15 is 0 Å². The minimum absolute atomic E-state index is 0. The molecule has 15 heavy (non-hydrogen) atoms. The Hall–Kier alpha value is -0.700. The van der Waals surface area contributed by atoms with Gasteiger partial charge in [0.05, 0.1) is 6.61 Å². The Balaban J connectivity index is 0. The molecule has 0 aromatic heterocycles. The third-order valence-electron chi connectivity index (χ3n) is 1.41. The van der Waals surface area contributed by atoms with E-state index < -0.39 is 0 Å². The second kappa shape index (κ2) is 6.72. The van der Waals surface area contributed by atoms with Crippen molar-refractivity contribution in [2.45, 2.75) is 27.7 Å². The molecule has 0 saturated heterocycles. The minimum atomic E-state index is -0.242. The number of halogens is 1. The molecule has 0 spiro atoms. The second-order valence-electron chi connectivity index (χ2n) is 4.91. The number of ether oxygens (including phenoxy) is 1. The molecule has 0 aliphatic carbocycles. The van der Waals surface area contributed by atoms with E-state index in [0.717, 1.165) is 0 Å². The van der Waals surface area contributed by atoms with Crippen molar-refractivity contribution in [2.24, 2.45) is 5.41 Å². The fraction of sp³-hybridized carbons (Fsp3) is 0.727. The highest BCUT2D eigenvalue weighted by Gasteiger charge is 2.14. The minimum Gasteiger partial charge on any atom is -0.462 e. The van der Waals surface area contributed by atoms with Crippen molar-refractivity contribution in [3.8, 4) is 0 Å². The largest absolute Gasteiger partial charge is 0.462 e. The molecule has 0 N–H and O–H groups in total. The summed E-state index contributed by atoms with van der Waals surface area (Å²) in [5.41, 5.74) is 0.646. The highest BCUT2D eigenvalue weighted by atomic mass is 35.5. The summed E-state index contributed by atoms with van der Waals surface area (Å²) in [5, 5.41) is 0. The van der Waals surface area contributed by atoms with Crippen LogP contribution in [-0.4, -0.2) is 31.6 Å². The van der Waals surface area contributed by atoms with Gasteiger partial charge in [0.1, 0.15) is 0 Å². The zero-order valence-corrected chi connectivity index (χ0v) is 11.3. The normalized spacial score (nSPS) is 11.7. The summed E-state index contributed by atoms with van der Waals surface area (Å²) in [5.74, 6) is -0.242. The Bertz CT molecular complexity index is 229. The van der Waals surface area contributed by atoms with E-state index in [9.17, 15) is 4.79 Å². The van der Waals surface area contributed by atoms with Crippen molar-refractivity contribution < 1.29 is 9.53 Å². The maximum atomic E-state index is 11.4. The lowest BCUT2D eigenvalue weighted by Crippen LogP contribution is -2.19. The molecular formula is C11H22ClNO2. The molecule has 0 rings (SSSR count). The maximum Gasteiger partial charge on any atom is 0.335 e. The molecule has 0 heterocycles. The lowest BCUT2D eigenvalue weighted by Gasteiger charge is -2.18. The summed E-state index contributed by atoms with van der Waals surface area (Å²) in [6, 6.07) is 0. The first-order chi connectivity index (χ1) is 6.22. The molecule has 3 nitrogen and oxygen atoms in total. The quantitative estimate of drug-likeness (QED) is 0.556. The van der Waals surface area contributed by atoms with Crippen molar-refractivity contribution >= 4 is 18.4 Å². The smallest absolute Gasteiger partial charge is 0.335 e. The van der Waals surface area contributed by atoms with Gasteiger partial charge in [-0.2, -0.15) is 0 Å². The van der Waals surface area contributed by atoms with E-state index in [2.05, 4.69) is 0 Å². The average molecular weight is 236 g/mol. The Morgan fingerprint density at radius 1 is 1.33 bits per heavy atom. The predicted molar refractivity (Wildman–Crippen MR) is 65.1 cm³/mol. The van der Waals surface area contributed by atoms with Crippen LogP contribution in [-0.2, 0) is 9.53 Å². The first-order valence-corrected chi connectivity index (χ1v) is 4.74. The number of rotatable bonds is 3. The number of hydrogen-bond donors (Lipinski definition) is 0. The van der Waals surface area contributed by atoms with E-state index in [1.54, 1.807) is 13.1 Å². The maximum absolute atomic E-state index is 11.4. The number of hydrogen-bond acceptors (Lipinski definition) is 3. The van der Waals surface area contributed by atoms with Gasteiger partial charge < -0.3 is 9.64 Å². The van der Waals surface area contributed by atoms with E-state index in [1.807, 2.05) is 39.8 Å². The molecular weight excluding hydrogens is 214 g/mol. The number of esters is 1. The summed E-state index contributed by atoms with van der Waals surface area (Å²) in [7, 11) is 3.75. The molecule has 0 bridgehead atoms. The molecule has 0 unspecified atom stereocenters. The summed E-state index contributed by atoms with van der Waals surface area (Å²) >= 11 is 0. The van der Waals surface area contributed by atoms with Gasteiger partial charge in [-0.05, 0) is 12.3 Å². The fourth-order valence-corrected chi connectivity index (χ4v) is 0.836.